The van der Waals surface area contributed by atoms with Crippen molar-refractivity contribution in [2.45, 2.75) is 105 Å². The third kappa shape index (κ3) is 10.7. The van der Waals surface area contributed by atoms with Crippen LogP contribution < -0.4 is 26.2 Å². The van der Waals surface area contributed by atoms with E-state index in [1.165, 1.54) is 33.0 Å². The predicted octanol–water partition coefficient (Wildman–Crippen LogP) is 27.2. The average molecular weight is 1470 g/mol. The Balaban J connectivity index is 0.967. The first-order valence-electron chi connectivity index (χ1n) is 43.4. The standard InChI is InChI=1S/C106H88BN5O/c1-103(2,3)71-45-43-67(44-46-71)69-58-96-102-97(59-69)112(95-57-70(66-31-17-14-18-32-66)60-99-101(95)79-36-22-28-42-98(79)113-99)92-63-74(108-85-38-24-19-33-76(85)77-34-20-25-39-86(77)108)49-51-84(92)107(102)83-52-50-75(109-88-53-47-72(104(4,5)6)61-80(88)81-62-73(105(7,8)9)48-54-89(81)109)64-91(83)111(96)94-56-68(65-29-15-13-16-30-65)55-93-100(94)78-35-21-26-40-87(78)110(93)90-41-27-23-37-82(90)106(10,11)12/h13-64H,1-12H3/i19D,20D,24D,25D,33D,34D,38D,39D. The first-order valence-corrected chi connectivity index (χ1v) is 39.4. The molecule has 21 rings (SSSR count). The van der Waals surface area contributed by atoms with Crippen molar-refractivity contribution in [3.05, 3.63) is 338 Å². The molecule has 0 spiro atoms. The van der Waals surface area contributed by atoms with Gasteiger partial charge in [0, 0.05) is 77.5 Å². The maximum atomic E-state index is 9.93. The molecule has 4 aromatic heterocycles. The number of hydrogen-bond acceptors (Lipinski definition) is 3. The van der Waals surface area contributed by atoms with E-state index in [0.717, 1.165) is 139 Å². The van der Waals surface area contributed by atoms with Crippen LogP contribution >= 0.6 is 0 Å². The molecular weight excluding hydrogens is 1370 g/mol. The van der Waals surface area contributed by atoms with Gasteiger partial charge in [0.2, 0.25) is 0 Å². The number of hydrogen-bond donors (Lipinski definition) is 0. The Morgan fingerprint density at radius 3 is 1.29 bits per heavy atom. The Morgan fingerprint density at radius 2 is 0.726 bits per heavy atom. The minimum Gasteiger partial charge on any atom is -0.456 e. The van der Waals surface area contributed by atoms with Gasteiger partial charge in [-0.1, -0.05) is 283 Å². The summed E-state index contributed by atoms with van der Waals surface area (Å²) in [5.41, 5.74) is 26.3. The molecule has 0 fully saturated rings. The third-order valence-electron chi connectivity index (χ3n) is 24.0. The van der Waals surface area contributed by atoms with Gasteiger partial charge in [-0.05, 0) is 209 Å². The first-order chi connectivity index (χ1) is 57.9. The van der Waals surface area contributed by atoms with Gasteiger partial charge in [0.15, 0.2) is 0 Å². The van der Waals surface area contributed by atoms with E-state index in [9.17, 15) is 8.22 Å². The van der Waals surface area contributed by atoms with Gasteiger partial charge in [-0.15, -0.1) is 0 Å². The maximum Gasteiger partial charge on any atom is 0.252 e. The van der Waals surface area contributed by atoms with Crippen LogP contribution in [-0.4, -0.2) is 20.4 Å². The van der Waals surface area contributed by atoms with Crippen LogP contribution in [0.1, 0.15) is 116 Å². The first kappa shape index (κ1) is 60.0. The van der Waals surface area contributed by atoms with Crippen molar-refractivity contribution in [3.63, 3.8) is 0 Å². The molecule has 2 aliphatic heterocycles. The zero-order chi connectivity index (χ0) is 83.8. The summed E-state index contributed by atoms with van der Waals surface area (Å²) in [6.45, 7) is 26.8. The summed E-state index contributed by atoms with van der Waals surface area (Å²) in [5, 5.41) is 6.22. The lowest BCUT2D eigenvalue weighted by molar-refractivity contribution is 0.587. The number of anilines is 6. The molecule has 0 radical (unpaired) electrons. The van der Waals surface area contributed by atoms with Crippen molar-refractivity contribution in [1.29, 1.82) is 0 Å². The summed E-state index contributed by atoms with van der Waals surface area (Å²) >= 11 is 0. The maximum absolute atomic E-state index is 9.93. The molecule has 0 saturated carbocycles. The minimum atomic E-state index is -0.556. The predicted molar refractivity (Wildman–Crippen MR) is 482 cm³/mol. The molecule has 0 atom stereocenters. The van der Waals surface area contributed by atoms with E-state index in [4.69, 9.17) is 7.16 Å². The molecule has 15 aromatic carbocycles. The largest absolute Gasteiger partial charge is 0.456 e. The van der Waals surface area contributed by atoms with Crippen LogP contribution in [0, 0.1) is 0 Å². The zero-order valence-corrected chi connectivity index (χ0v) is 65.6. The molecule has 546 valence electrons. The van der Waals surface area contributed by atoms with E-state index in [-0.39, 0.29) is 55.6 Å². The number of benzene rings is 15. The smallest absolute Gasteiger partial charge is 0.252 e. The molecule has 0 unspecified atom stereocenters. The molecule has 0 amide bonds. The molecule has 0 saturated heterocycles. The van der Waals surface area contributed by atoms with E-state index in [1.54, 1.807) is 4.57 Å². The number of para-hydroxylation sites is 5. The number of furan rings is 1. The quantitative estimate of drug-likeness (QED) is 0.142. The number of nitrogens with zero attached hydrogens (tertiary/aromatic N) is 5. The molecule has 19 aromatic rings. The lowest BCUT2D eigenvalue weighted by atomic mass is 9.33. The second kappa shape index (κ2) is 24.8. The monoisotopic (exact) mass is 1470 g/mol. The highest BCUT2D eigenvalue weighted by atomic mass is 16.3. The van der Waals surface area contributed by atoms with Crippen molar-refractivity contribution < 1.29 is 15.4 Å². The highest BCUT2D eigenvalue weighted by Crippen LogP contribution is 2.54. The topological polar surface area (TPSA) is 34.4 Å². The van der Waals surface area contributed by atoms with Crippen molar-refractivity contribution in [2.75, 3.05) is 9.80 Å². The van der Waals surface area contributed by atoms with Gasteiger partial charge in [0.05, 0.1) is 60.8 Å². The molecule has 0 bridgehead atoms. The molecule has 6 heterocycles. The SMILES string of the molecule is [2H]c1c([2H])c([2H])c2c(c1[2H])c1c([2H])c([2H])c([2H])c([2H])c1n2-c1ccc2c(c1)N(c1cc(-c3ccccc3)cc3oc4ccccc4c13)c1cc(-c3ccc(C(C)(C)C)cc3)cc3c1B2c1ccc(-n2c4ccc(C(C)(C)C)cc4c4cc(C(C)(C)C)ccc42)cc1N3c1cc(-c2ccccc2)cc2c1c1ccccc1n2-c1ccccc1C(C)(C)C. The fraction of sp³-hybridized carbons (Fsp3) is 0.151. The summed E-state index contributed by atoms with van der Waals surface area (Å²) in [6, 6.07) is 94.1. The molecule has 2 aliphatic rings. The van der Waals surface area contributed by atoms with E-state index < -0.39 is 43.0 Å². The summed E-state index contributed by atoms with van der Waals surface area (Å²) in [4.78, 5) is 5.00. The highest BCUT2D eigenvalue weighted by molar-refractivity contribution is 7.00. The molecule has 6 nitrogen and oxygen atoms in total. The fourth-order valence-electron chi connectivity index (χ4n) is 18.4. The Labute approximate surface area is 672 Å². The molecule has 0 N–H and O–H groups in total. The van der Waals surface area contributed by atoms with E-state index in [2.05, 4.69) is 345 Å². The zero-order valence-electron chi connectivity index (χ0n) is 73.6. The second-order valence-corrected chi connectivity index (χ2v) is 35.1. The Kier molecular flexibility index (Phi) is 13.2. The molecule has 7 heteroatoms. The van der Waals surface area contributed by atoms with Gasteiger partial charge >= 0.3 is 0 Å². The normalized spacial score (nSPS) is 14.2. The average Bonchev–Trinajstić information content (AvgIpc) is 0.879. The van der Waals surface area contributed by atoms with Gasteiger partial charge < -0.3 is 27.9 Å². The van der Waals surface area contributed by atoms with Crippen molar-refractivity contribution in [2.24, 2.45) is 0 Å². The summed E-state index contributed by atoms with van der Waals surface area (Å²) in [7, 11) is 0. The third-order valence-corrected chi connectivity index (χ3v) is 24.0. The van der Waals surface area contributed by atoms with Crippen LogP contribution in [0.15, 0.2) is 320 Å². The summed E-state index contributed by atoms with van der Waals surface area (Å²) in [6.07, 6.45) is 0. The second-order valence-electron chi connectivity index (χ2n) is 35.1. The number of aromatic nitrogens is 3. The van der Waals surface area contributed by atoms with Gasteiger partial charge in [-0.2, -0.15) is 0 Å². The van der Waals surface area contributed by atoms with Crippen molar-refractivity contribution in [1.82, 2.24) is 13.7 Å². The van der Waals surface area contributed by atoms with E-state index in [0.29, 0.717) is 16.9 Å². The van der Waals surface area contributed by atoms with Crippen LogP contribution in [0.2, 0.25) is 0 Å². The lowest BCUT2D eigenvalue weighted by Gasteiger charge is -2.45. The molecule has 113 heavy (non-hydrogen) atoms. The van der Waals surface area contributed by atoms with Crippen LogP contribution in [0.5, 0.6) is 0 Å². The highest BCUT2D eigenvalue weighted by Gasteiger charge is 2.46. The van der Waals surface area contributed by atoms with Crippen molar-refractivity contribution >= 4 is 145 Å². The van der Waals surface area contributed by atoms with Crippen LogP contribution in [0.3, 0.4) is 0 Å². The Bertz CT molecular complexity index is 7530. The number of fused-ring (bicyclic) bond motifs is 16. The Hall–Kier alpha value is -12.8. The fourth-order valence-corrected chi connectivity index (χ4v) is 18.4. The van der Waals surface area contributed by atoms with Gasteiger partial charge in [0.1, 0.15) is 11.2 Å². The Morgan fingerprint density at radius 1 is 0.274 bits per heavy atom. The molecular formula is C106H88BN5O. The van der Waals surface area contributed by atoms with Crippen molar-refractivity contribution in [3.8, 4) is 50.4 Å². The lowest BCUT2D eigenvalue weighted by Crippen LogP contribution is -2.61. The summed E-state index contributed by atoms with van der Waals surface area (Å²) < 4.78 is 90.0. The number of rotatable bonds is 8. The van der Waals surface area contributed by atoms with E-state index >= 15 is 0 Å². The van der Waals surface area contributed by atoms with Gasteiger partial charge in [-0.3, -0.25) is 0 Å². The van der Waals surface area contributed by atoms with E-state index in [1.807, 2.05) is 24.3 Å². The molecule has 0 aliphatic carbocycles. The van der Waals surface area contributed by atoms with Crippen LogP contribution in [-0.2, 0) is 21.7 Å². The van der Waals surface area contributed by atoms with Crippen LogP contribution in [0.4, 0.5) is 34.1 Å². The minimum absolute atomic E-state index is 0.00145. The van der Waals surface area contributed by atoms with Crippen LogP contribution in [0.25, 0.3) is 138 Å². The summed E-state index contributed by atoms with van der Waals surface area (Å²) in [5.74, 6) is 0. The van der Waals surface area contributed by atoms with Gasteiger partial charge in [0.25, 0.3) is 6.71 Å². The van der Waals surface area contributed by atoms with Gasteiger partial charge in [-0.25, -0.2) is 0 Å².